The summed E-state index contributed by atoms with van der Waals surface area (Å²) in [4.78, 5) is 0. The molecule has 238 valence electrons. The minimum absolute atomic E-state index is 1.27. The smallest absolute Gasteiger partial charge is 0.00201 e. The number of rotatable bonds is 3. The van der Waals surface area contributed by atoms with Gasteiger partial charge < -0.3 is 0 Å². The summed E-state index contributed by atoms with van der Waals surface area (Å²) in [5.74, 6) is 0. The Balaban J connectivity index is 1.16. The van der Waals surface area contributed by atoms with Gasteiger partial charge in [0.15, 0.2) is 0 Å². The van der Waals surface area contributed by atoms with Gasteiger partial charge in [-0.25, -0.2) is 0 Å². The molecule has 0 saturated carbocycles. The second kappa shape index (κ2) is 10.4. The fourth-order valence-electron chi connectivity index (χ4n) is 9.52. The van der Waals surface area contributed by atoms with Crippen molar-refractivity contribution >= 4 is 86.2 Å². The van der Waals surface area contributed by atoms with E-state index in [1.807, 2.05) is 0 Å². The lowest BCUT2D eigenvalue weighted by Crippen LogP contribution is -1.93. The summed E-state index contributed by atoms with van der Waals surface area (Å²) in [5.41, 5.74) is 7.73. The molecule has 0 heterocycles. The zero-order valence-corrected chi connectivity index (χ0v) is 28.3. The maximum Gasteiger partial charge on any atom is -0.00201 e. The minimum atomic E-state index is 1.27. The van der Waals surface area contributed by atoms with Crippen molar-refractivity contribution in [3.05, 3.63) is 182 Å². The molecule has 0 fully saturated rings. The van der Waals surface area contributed by atoms with Gasteiger partial charge in [-0.1, -0.05) is 158 Å². The van der Waals surface area contributed by atoms with Crippen LogP contribution in [0.3, 0.4) is 0 Å². The summed E-state index contributed by atoms with van der Waals surface area (Å²) >= 11 is 0. The average molecular weight is 655 g/mol. The number of fused-ring (bicyclic) bond motifs is 2. The van der Waals surface area contributed by atoms with Gasteiger partial charge in [0.1, 0.15) is 0 Å². The maximum absolute atomic E-state index is 2.46. The second-order valence-corrected chi connectivity index (χ2v) is 14.4. The molecule has 0 aliphatic heterocycles. The van der Waals surface area contributed by atoms with Crippen molar-refractivity contribution in [2.45, 2.75) is 0 Å². The molecule has 0 nitrogen and oxygen atoms in total. The van der Waals surface area contributed by atoms with Crippen LogP contribution in [0.15, 0.2) is 182 Å². The molecule has 0 atom stereocenters. The van der Waals surface area contributed by atoms with E-state index in [4.69, 9.17) is 0 Å². The molecule has 52 heavy (non-hydrogen) atoms. The number of hydrogen-bond donors (Lipinski definition) is 0. The van der Waals surface area contributed by atoms with E-state index in [-0.39, 0.29) is 0 Å². The van der Waals surface area contributed by atoms with Crippen molar-refractivity contribution in [1.82, 2.24) is 0 Å². The third kappa shape index (κ3) is 3.76. The molecule has 0 heteroatoms. The van der Waals surface area contributed by atoms with Crippen molar-refractivity contribution in [2.75, 3.05) is 0 Å². The minimum Gasteiger partial charge on any atom is -0.0616 e. The number of benzene rings is 12. The Labute approximate surface area is 300 Å². The summed E-state index contributed by atoms with van der Waals surface area (Å²) in [5, 5.41) is 20.8. The molecular weight excluding hydrogens is 625 g/mol. The third-order valence-corrected chi connectivity index (χ3v) is 11.7. The standard InChI is InChI=1S/C52H30/c1-3-19-37-31(11-1)13-5-21-39(37)45-27-33-15-9-25-43-47(29-35-17-7-23-41(45)49(35)51(33)43)48-30-36-18-8-24-42-46(28-34-16-10-26-44(48)52(34)50(36)42)40-22-6-14-32-12-2-4-20-38(32)40/h1-30H. The highest BCUT2D eigenvalue weighted by molar-refractivity contribution is 6.33. The van der Waals surface area contributed by atoms with Crippen molar-refractivity contribution in [3.63, 3.8) is 0 Å². The van der Waals surface area contributed by atoms with E-state index in [0.717, 1.165) is 0 Å². The molecule has 0 aliphatic carbocycles. The van der Waals surface area contributed by atoms with Crippen LogP contribution in [0.4, 0.5) is 0 Å². The lowest BCUT2D eigenvalue weighted by Gasteiger charge is -2.21. The van der Waals surface area contributed by atoms with E-state index in [0.29, 0.717) is 0 Å². The Bertz CT molecular complexity index is 3160. The summed E-state index contributed by atoms with van der Waals surface area (Å²) in [6, 6.07) is 68.1. The van der Waals surface area contributed by atoms with Crippen molar-refractivity contribution < 1.29 is 0 Å². The zero-order chi connectivity index (χ0) is 33.9. The first-order valence-electron chi connectivity index (χ1n) is 18.2. The predicted octanol–water partition coefficient (Wildman–Crippen LogP) is 14.8. The van der Waals surface area contributed by atoms with E-state index >= 15 is 0 Å². The predicted molar refractivity (Wildman–Crippen MR) is 225 cm³/mol. The highest BCUT2D eigenvalue weighted by atomic mass is 14.2. The largest absolute Gasteiger partial charge is 0.0616 e. The molecule has 12 aromatic carbocycles. The first kappa shape index (κ1) is 28.0. The van der Waals surface area contributed by atoms with Gasteiger partial charge in [-0.15, -0.1) is 0 Å². The van der Waals surface area contributed by atoms with Gasteiger partial charge in [0, 0.05) is 0 Å². The van der Waals surface area contributed by atoms with Crippen LogP contribution in [0.1, 0.15) is 0 Å². The van der Waals surface area contributed by atoms with Crippen LogP contribution in [0.25, 0.3) is 120 Å². The Kier molecular flexibility index (Phi) is 5.59. The fourth-order valence-corrected chi connectivity index (χ4v) is 9.52. The highest BCUT2D eigenvalue weighted by Crippen LogP contribution is 2.49. The lowest BCUT2D eigenvalue weighted by atomic mass is 9.82. The molecule has 0 bridgehead atoms. The van der Waals surface area contributed by atoms with Crippen LogP contribution in [0, 0.1) is 0 Å². The van der Waals surface area contributed by atoms with Gasteiger partial charge in [-0.2, -0.15) is 0 Å². The molecule has 0 aliphatic rings. The van der Waals surface area contributed by atoms with Crippen LogP contribution >= 0.6 is 0 Å². The van der Waals surface area contributed by atoms with Crippen LogP contribution in [-0.4, -0.2) is 0 Å². The van der Waals surface area contributed by atoms with Gasteiger partial charge in [0.05, 0.1) is 0 Å². The van der Waals surface area contributed by atoms with E-state index < -0.39 is 0 Å². The Morgan fingerprint density at radius 2 is 0.423 bits per heavy atom. The van der Waals surface area contributed by atoms with Crippen LogP contribution in [-0.2, 0) is 0 Å². The third-order valence-electron chi connectivity index (χ3n) is 11.7. The Hall–Kier alpha value is -6.76. The molecule has 0 aromatic heterocycles. The van der Waals surface area contributed by atoms with Crippen LogP contribution in [0.5, 0.6) is 0 Å². The number of hydrogen-bond acceptors (Lipinski definition) is 0. The van der Waals surface area contributed by atoms with Crippen molar-refractivity contribution in [2.24, 2.45) is 0 Å². The van der Waals surface area contributed by atoms with Crippen LogP contribution < -0.4 is 0 Å². The Morgan fingerprint density at radius 3 is 0.788 bits per heavy atom. The molecule has 0 radical (unpaired) electrons. The van der Waals surface area contributed by atoms with E-state index in [1.165, 1.54) is 120 Å². The first-order valence-corrected chi connectivity index (χ1v) is 18.2. The Morgan fingerprint density at radius 1 is 0.173 bits per heavy atom. The summed E-state index contributed by atoms with van der Waals surface area (Å²) in [7, 11) is 0. The maximum atomic E-state index is 2.46. The first-order chi connectivity index (χ1) is 25.8. The molecule has 0 N–H and O–H groups in total. The van der Waals surface area contributed by atoms with E-state index in [2.05, 4.69) is 182 Å². The monoisotopic (exact) mass is 654 g/mol. The molecule has 0 amide bonds. The highest BCUT2D eigenvalue weighted by Gasteiger charge is 2.21. The lowest BCUT2D eigenvalue weighted by molar-refractivity contribution is 1.69. The quantitative estimate of drug-likeness (QED) is 0.166. The molecular formula is C52H30. The van der Waals surface area contributed by atoms with Crippen molar-refractivity contribution in [3.8, 4) is 33.4 Å². The van der Waals surface area contributed by atoms with Gasteiger partial charge in [0.25, 0.3) is 0 Å². The molecule has 0 spiro atoms. The molecule has 12 aromatic rings. The average Bonchev–Trinajstić information content (AvgIpc) is 3.21. The van der Waals surface area contributed by atoms with Gasteiger partial charge >= 0.3 is 0 Å². The summed E-state index contributed by atoms with van der Waals surface area (Å²) in [6.07, 6.45) is 0. The second-order valence-electron chi connectivity index (χ2n) is 14.4. The zero-order valence-electron chi connectivity index (χ0n) is 28.3. The normalized spacial score (nSPS) is 12.2. The van der Waals surface area contributed by atoms with Crippen molar-refractivity contribution in [1.29, 1.82) is 0 Å². The molecule has 0 unspecified atom stereocenters. The summed E-state index contributed by atoms with van der Waals surface area (Å²) < 4.78 is 0. The van der Waals surface area contributed by atoms with Gasteiger partial charge in [0.2, 0.25) is 0 Å². The van der Waals surface area contributed by atoms with E-state index in [9.17, 15) is 0 Å². The fraction of sp³-hybridized carbons (Fsp3) is 0. The van der Waals surface area contributed by atoms with Gasteiger partial charge in [-0.05, 0) is 144 Å². The SMILES string of the molecule is c1ccc2c(-c3cc4cccc5c(-c6cc7cccc8c(-c9cccc%10ccccc9%10)cc9cccc6c9c78)cc6cccc3c6c45)cccc2c1. The molecule has 0 saturated heterocycles. The van der Waals surface area contributed by atoms with E-state index in [1.54, 1.807) is 0 Å². The molecule has 12 rings (SSSR count). The topological polar surface area (TPSA) is 0 Å². The van der Waals surface area contributed by atoms with Crippen LogP contribution in [0.2, 0.25) is 0 Å². The van der Waals surface area contributed by atoms with Gasteiger partial charge in [-0.3, -0.25) is 0 Å². The summed E-state index contributed by atoms with van der Waals surface area (Å²) in [6.45, 7) is 0.